The third kappa shape index (κ3) is 6.73. The van der Waals surface area contributed by atoms with Crippen molar-refractivity contribution in [2.75, 3.05) is 0 Å². The fraction of sp³-hybridized carbons (Fsp3) is 0.0526. The molecule has 0 spiro atoms. The summed E-state index contributed by atoms with van der Waals surface area (Å²) in [6.07, 6.45) is 0. The van der Waals surface area contributed by atoms with Crippen LogP contribution in [0, 0.1) is 13.8 Å². The van der Waals surface area contributed by atoms with Crippen LogP contribution in [0.2, 0.25) is 0 Å². The summed E-state index contributed by atoms with van der Waals surface area (Å²) in [4.78, 5) is 6.32. The van der Waals surface area contributed by atoms with Gasteiger partial charge in [-0.2, -0.15) is 0 Å². The second kappa shape index (κ2) is 13.1. The summed E-state index contributed by atoms with van der Waals surface area (Å²) in [5.41, 5.74) is 2.55. The van der Waals surface area contributed by atoms with E-state index in [2.05, 4.69) is 92.7 Å². The first kappa shape index (κ1) is 27.8. The standard InChI is InChI=1S/C38H31O2S2/c1-28-11-9-10-16-38(28)42(35-23-19-33(20-24-35)40-31-14-7-4-8-15-31)36-25-26-37(29(2)27-36)41-34-21-17-32(18-22-34)39-30-12-5-3-6-13-30/h3-27H,1-2H3/q+1. The fourth-order valence-corrected chi connectivity index (χ4v) is 7.81. The topological polar surface area (TPSA) is 18.5 Å². The zero-order valence-corrected chi connectivity index (χ0v) is 25.2. The number of aryl methyl sites for hydroxylation is 2. The van der Waals surface area contributed by atoms with E-state index in [9.17, 15) is 0 Å². The maximum atomic E-state index is 6.07. The highest BCUT2D eigenvalue weighted by molar-refractivity contribution is 7.99. The Morgan fingerprint density at radius 1 is 0.452 bits per heavy atom. The van der Waals surface area contributed by atoms with Crippen molar-refractivity contribution in [3.05, 3.63) is 163 Å². The highest BCUT2D eigenvalue weighted by Crippen LogP contribution is 2.38. The first-order chi connectivity index (χ1) is 20.6. The van der Waals surface area contributed by atoms with Gasteiger partial charge in [0.05, 0.1) is 10.9 Å². The molecule has 0 amide bonds. The highest BCUT2D eigenvalue weighted by atomic mass is 32.2. The van der Waals surface area contributed by atoms with E-state index in [0.29, 0.717) is 0 Å². The SMILES string of the molecule is Cc1cc([S+](c2ccc(Oc3ccccc3)cc2)c2ccccc2C)ccc1Sc1ccc(Oc2ccccc2)cc1. The first-order valence-corrected chi connectivity index (χ1v) is 15.9. The predicted molar refractivity (Wildman–Crippen MR) is 175 cm³/mol. The van der Waals surface area contributed by atoms with Crippen molar-refractivity contribution in [1.29, 1.82) is 0 Å². The van der Waals surface area contributed by atoms with Gasteiger partial charge >= 0.3 is 0 Å². The van der Waals surface area contributed by atoms with Crippen molar-refractivity contribution in [2.24, 2.45) is 0 Å². The number of ether oxygens (including phenoxy) is 2. The van der Waals surface area contributed by atoms with Crippen LogP contribution in [-0.4, -0.2) is 0 Å². The van der Waals surface area contributed by atoms with Crippen LogP contribution in [0.1, 0.15) is 11.1 Å². The zero-order valence-electron chi connectivity index (χ0n) is 23.6. The predicted octanol–water partition coefficient (Wildman–Crippen LogP) is 11.1. The second-order valence-electron chi connectivity index (χ2n) is 9.87. The van der Waals surface area contributed by atoms with Crippen molar-refractivity contribution in [1.82, 2.24) is 0 Å². The van der Waals surface area contributed by atoms with Crippen molar-refractivity contribution < 1.29 is 9.47 Å². The molecule has 0 aromatic heterocycles. The molecule has 1 unspecified atom stereocenters. The van der Waals surface area contributed by atoms with Gasteiger partial charge in [0.2, 0.25) is 0 Å². The van der Waals surface area contributed by atoms with Crippen LogP contribution in [0.4, 0.5) is 0 Å². The molecule has 0 N–H and O–H groups in total. The molecule has 42 heavy (non-hydrogen) atoms. The van der Waals surface area contributed by atoms with Crippen LogP contribution in [0.5, 0.6) is 23.0 Å². The molecular weight excluding hydrogens is 553 g/mol. The Labute approximate surface area is 255 Å². The van der Waals surface area contributed by atoms with E-state index in [1.807, 2.05) is 72.8 Å². The molecular formula is C38H31O2S2+. The molecule has 0 saturated carbocycles. The summed E-state index contributed by atoms with van der Waals surface area (Å²) in [5, 5.41) is 0. The van der Waals surface area contributed by atoms with Gasteiger partial charge in [-0.05, 0) is 116 Å². The Kier molecular flexibility index (Phi) is 8.64. The van der Waals surface area contributed by atoms with Gasteiger partial charge in [0.15, 0.2) is 14.7 Å². The van der Waals surface area contributed by atoms with Gasteiger partial charge in [-0.1, -0.05) is 66.4 Å². The van der Waals surface area contributed by atoms with E-state index in [1.165, 1.54) is 35.6 Å². The number of para-hydroxylation sites is 2. The summed E-state index contributed by atoms with van der Waals surface area (Å²) in [6, 6.07) is 52.2. The third-order valence-electron chi connectivity index (χ3n) is 6.76. The highest BCUT2D eigenvalue weighted by Gasteiger charge is 2.30. The lowest BCUT2D eigenvalue weighted by Gasteiger charge is -2.13. The summed E-state index contributed by atoms with van der Waals surface area (Å²) in [5.74, 6) is 3.35. The van der Waals surface area contributed by atoms with Crippen molar-refractivity contribution in [3.8, 4) is 23.0 Å². The Morgan fingerprint density at radius 3 is 1.52 bits per heavy atom. The van der Waals surface area contributed by atoms with Crippen LogP contribution >= 0.6 is 11.8 Å². The van der Waals surface area contributed by atoms with Crippen LogP contribution in [0.25, 0.3) is 0 Å². The minimum Gasteiger partial charge on any atom is -0.457 e. The molecule has 6 aromatic carbocycles. The van der Waals surface area contributed by atoms with Crippen molar-refractivity contribution in [2.45, 2.75) is 38.3 Å². The van der Waals surface area contributed by atoms with Gasteiger partial charge in [-0.15, -0.1) is 0 Å². The molecule has 0 fully saturated rings. The van der Waals surface area contributed by atoms with E-state index in [0.717, 1.165) is 23.0 Å². The van der Waals surface area contributed by atoms with Crippen LogP contribution in [-0.2, 0) is 10.9 Å². The number of hydrogen-bond donors (Lipinski definition) is 0. The van der Waals surface area contributed by atoms with Gasteiger partial charge < -0.3 is 9.47 Å². The van der Waals surface area contributed by atoms with Gasteiger partial charge in [0.1, 0.15) is 23.0 Å². The quantitative estimate of drug-likeness (QED) is 0.158. The van der Waals surface area contributed by atoms with Gasteiger partial charge in [0.25, 0.3) is 0 Å². The number of hydrogen-bond acceptors (Lipinski definition) is 3. The fourth-order valence-electron chi connectivity index (χ4n) is 4.63. The first-order valence-electron chi connectivity index (χ1n) is 13.9. The van der Waals surface area contributed by atoms with Crippen molar-refractivity contribution >= 4 is 22.7 Å². The molecule has 6 rings (SSSR count). The van der Waals surface area contributed by atoms with E-state index >= 15 is 0 Å². The lowest BCUT2D eigenvalue weighted by molar-refractivity contribution is 0.482. The average molecular weight is 584 g/mol. The summed E-state index contributed by atoms with van der Waals surface area (Å²) >= 11 is 1.78. The number of rotatable bonds is 9. The lowest BCUT2D eigenvalue weighted by atomic mass is 10.2. The van der Waals surface area contributed by atoms with Gasteiger partial charge in [-0.3, -0.25) is 0 Å². The third-order valence-corrected chi connectivity index (χ3v) is 10.3. The molecule has 0 bridgehead atoms. The average Bonchev–Trinajstić information content (AvgIpc) is 3.02. The Morgan fingerprint density at radius 2 is 0.952 bits per heavy atom. The Bertz CT molecular complexity index is 1750. The summed E-state index contributed by atoms with van der Waals surface area (Å²) in [6.45, 7) is 4.40. The molecule has 206 valence electrons. The van der Waals surface area contributed by atoms with E-state index in [4.69, 9.17) is 9.47 Å². The summed E-state index contributed by atoms with van der Waals surface area (Å²) in [7, 11) is -0.250. The van der Waals surface area contributed by atoms with E-state index in [-0.39, 0.29) is 10.9 Å². The maximum absolute atomic E-state index is 6.07. The monoisotopic (exact) mass is 583 g/mol. The van der Waals surface area contributed by atoms with Gasteiger partial charge in [0, 0.05) is 15.4 Å². The van der Waals surface area contributed by atoms with E-state index in [1.54, 1.807) is 11.8 Å². The Hall–Kier alpha value is -4.38. The normalized spacial score (nSPS) is 11.6. The number of benzene rings is 6. The molecule has 0 radical (unpaired) electrons. The second-order valence-corrected chi connectivity index (χ2v) is 13.0. The molecule has 6 aromatic rings. The molecule has 0 heterocycles. The lowest BCUT2D eigenvalue weighted by Crippen LogP contribution is -2.07. The van der Waals surface area contributed by atoms with Crippen molar-refractivity contribution in [3.63, 3.8) is 0 Å². The minimum absolute atomic E-state index is 0.250. The minimum atomic E-state index is -0.250. The molecule has 1 atom stereocenters. The van der Waals surface area contributed by atoms with Crippen LogP contribution in [0.15, 0.2) is 176 Å². The molecule has 0 aliphatic rings. The molecule has 0 saturated heterocycles. The smallest absolute Gasteiger partial charge is 0.169 e. The van der Waals surface area contributed by atoms with Crippen LogP contribution < -0.4 is 9.47 Å². The molecule has 2 nitrogen and oxygen atoms in total. The Balaban J connectivity index is 1.24. The summed E-state index contributed by atoms with van der Waals surface area (Å²) < 4.78 is 12.0. The molecule has 0 aliphatic carbocycles. The zero-order chi connectivity index (χ0) is 28.7. The molecule has 4 heteroatoms. The maximum Gasteiger partial charge on any atom is 0.169 e. The van der Waals surface area contributed by atoms with Gasteiger partial charge in [-0.25, -0.2) is 0 Å². The largest absolute Gasteiger partial charge is 0.457 e. The van der Waals surface area contributed by atoms with E-state index < -0.39 is 0 Å². The molecule has 0 aliphatic heterocycles. The van der Waals surface area contributed by atoms with Crippen LogP contribution in [0.3, 0.4) is 0 Å².